The fraction of sp³-hybridized carbons (Fsp3) is 1.00. The van der Waals surface area contributed by atoms with E-state index in [0.29, 0.717) is 5.75 Å². The van der Waals surface area contributed by atoms with Crippen molar-refractivity contribution in [3.05, 3.63) is 0 Å². The van der Waals surface area contributed by atoms with E-state index in [2.05, 4.69) is 12.6 Å². The van der Waals surface area contributed by atoms with Crippen LogP contribution in [0.3, 0.4) is 0 Å². The van der Waals surface area contributed by atoms with Gasteiger partial charge in [-0.15, -0.1) is 0 Å². The zero-order chi connectivity index (χ0) is 3.41. The van der Waals surface area contributed by atoms with Crippen molar-refractivity contribution in [3.8, 4) is 0 Å². The fourth-order valence-electron chi connectivity index (χ4n) is 0. The summed E-state index contributed by atoms with van der Waals surface area (Å²) in [6.07, 6.45) is 0. The van der Waals surface area contributed by atoms with Crippen LogP contribution in [0.4, 0.5) is 0 Å². The van der Waals surface area contributed by atoms with Crippen LogP contribution < -0.4 is 0 Å². The summed E-state index contributed by atoms with van der Waals surface area (Å²) in [5.41, 5.74) is 0. The summed E-state index contributed by atoms with van der Waals surface area (Å²) in [5, 5.41) is 7.80. The second kappa shape index (κ2) is 9.13. The van der Waals surface area contributed by atoms with Crippen molar-refractivity contribution >= 4 is 50.4 Å². The third-order valence-corrected chi connectivity index (χ3v) is 0.300. The molecule has 0 bridgehead atoms. The van der Waals surface area contributed by atoms with Crippen LogP contribution in [0, 0.1) is 0 Å². The van der Waals surface area contributed by atoms with Gasteiger partial charge in [0.2, 0.25) is 0 Å². The first-order chi connectivity index (χ1) is 1.91. The molecule has 0 aromatic carbocycles. The normalized spacial score (nSPS) is 6.00. The molecule has 0 aliphatic rings. The molecule has 0 atom stereocenters. The quantitative estimate of drug-likeness (QED) is 0.361. The maximum absolute atomic E-state index is 7.80. The predicted octanol–water partition coefficient (Wildman–Crippen LogP) is -0.247. The van der Waals surface area contributed by atoms with Gasteiger partial charge in [-0.3, -0.25) is 0 Å². The van der Waals surface area contributed by atoms with Crippen molar-refractivity contribution in [1.29, 1.82) is 0 Å². The molecule has 0 unspecified atom stereocenters. The van der Waals surface area contributed by atoms with Crippen LogP contribution in [-0.2, 0) is 0 Å². The van der Waals surface area contributed by atoms with Crippen molar-refractivity contribution in [2.24, 2.45) is 0 Å². The van der Waals surface area contributed by atoms with Gasteiger partial charge in [0.05, 0.1) is 6.61 Å². The number of hydrogen-bond acceptors (Lipinski definition) is 2. The Balaban J connectivity index is -0.0000000150. The van der Waals surface area contributed by atoms with Crippen molar-refractivity contribution in [2.45, 2.75) is 0 Å². The molecule has 0 aromatic rings. The van der Waals surface area contributed by atoms with Gasteiger partial charge in [0.1, 0.15) is 0 Å². The molecule has 0 amide bonds. The number of aliphatic hydroxyl groups is 1. The maximum atomic E-state index is 7.80. The summed E-state index contributed by atoms with van der Waals surface area (Å²) in [5.74, 6) is 0.569. The minimum absolute atomic E-state index is 0. The molecule has 0 radical (unpaired) electrons. The largest absolute Gasteiger partial charge is 2.00 e. The fourth-order valence-corrected chi connectivity index (χ4v) is 0. The van der Waals surface area contributed by atoms with Crippen molar-refractivity contribution in [1.82, 2.24) is 0 Å². The standard InChI is InChI=1S/C2H6OS.Ca.2H/c3-1-2-4;;;/h3-4H,1-2H2;;;/q;+2;2*-1. The van der Waals surface area contributed by atoms with Gasteiger partial charge in [-0.1, -0.05) is 0 Å². The molecule has 0 saturated carbocycles. The Morgan fingerprint density at radius 2 is 2.00 bits per heavy atom. The smallest absolute Gasteiger partial charge is 1.00 e. The van der Waals surface area contributed by atoms with E-state index in [4.69, 9.17) is 5.11 Å². The Hall–Kier alpha value is 1.57. The first-order valence-electron chi connectivity index (χ1n) is 1.13. The SMILES string of the molecule is OCCS.[Ca+2].[H-].[H-]. The second-order valence-electron chi connectivity index (χ2n) is 0.447. The zero-order valence-electron chi connectivity index (χ0n) is 5.02. The van der Waals surface area contributed by atoms with Crippen LogP contribution in [0.2, 0.25) is 0 Å². The summed E-state index contributed by atoms with van der Waals surface area (Å²) in [7, 11) is 0. The molecule has 0 heterocycles. The van der Waals surface area contributed by atoms with Crippen LogP contribution >= 0.6 is 12.6 Å². The molecule has 0 aliphatic heterocycles. The Morgan fingerprint density at radius 3 is 2.00 bits per heavy atom. The zero-order valence-corrected chi connectivity index (χ0v) is 6.12. The molecule has 30 valence electrons. The van der Waals surface area contributed by atoms with E-state index in [1.54, 1.807) is 0 Å². The van der Waals surface area contributed by atoms with Gasteiger partial charge in [-0.25, -0.2) is 0 Å². The molecule has 0 aliphatic carbocycles. The summed E-state index contributed by atoms with van der Waals surface area (Å²) >= 11 is 3.67. The monoisotopic (exact) mass is 120 g/mol. The number of aliphatic hydroxyl groups excluding tert-OH is 1. The van der Waals surface area contributed by atoms with E-state index in [0.717, 1.165) is 0 Å². The van der Waals surface area contributed by atoms with Crippen molar-refractivity contribution in [3.63, 3.8) is 0 Å². The van der Waals surface area contributed by atoms with E-state index >= 15 is 0 Å². The molecule has 0 saturated heterocycles. The van der Waals surface area contributed by atoms with E-state index in [1.165, 1.54) is 0 Å². The third-order valence-electron chi connectivity index (χ3n) is 0.1000. The van der Waals surface area contributed by atoms with E-state index in [9.17, 15) is 0 Å². The van der Waals surface area contributed by atoms with Crippen LogP contribution in [0.1, 0.15) is 2.85 Å². The van der Waals surface area contributed by atoms with Gasteiger partial charge in [0, 0.05) is 5.75 Å². The van der Waals surface area contributed by atoms with Gasteiger partial charge in [0.15, 0.2) is 0 Å². The Kier molecular flexibility index (Phi) is 17.8. The van der Waals surface area contributed by atoms with Gasteiger partial charge in [-0.2, -0.15) is 12.6 Å². The summed E-state index contributed by atoms with van der Waals surface area (Å²) in [6.45, 7) is 0.184. The molecule has 0 aromatic heterocycles. The Morgan fingerprint density at radius 1 is 1.80 bits per heavy atom. The second-order valence-corrected chi connectivity index (χ2v) is 0.894. The maximum Gasteiger partial charge on any atom is 2.00 e. The number of hydrogen-bond donors (Lipinski definition) is 2. The first-order valence-corrected chi connectivity index (χ1v) is 1.76. The molecule has 1 N–H and O–H groups in total. The summed E-state index contributed by atoms with van der Waals surface area (Å²) in [4.78, 5) is 0. The van der Waals surface area contributed by atoms with Crippen LogP contribution in [0.25, 0.3) is 0 Å². The van der Waals surface area contributed by atoms with Crippen LogP contribution in [0.5, 0.6) is 0 Å². The molecule has 0 fully saturated rings. The van der Waals surface area contributed by atoms with Gasteiger partial charge in [-0.05, 0) is 0 Å². The summed E-state index contributed by atoms with van der Waals surface area (Å²) in [6, 6.07) is 0. The molecular formula is C2H8CaOS. The number of thiol groups is 1. The van der Waals surface area contributed by atoms with Gasteiger partial charge < -0.3 is 7.96 Å². The van der Waals surface area contributed by atoms with E-state index in [1.807, 2.05) is 0 Å². The van der Waals surface area contributed by atoms with Gasteiger partial charge in [0.25, 0.3) is 0 Å². The molecule has 3 heteroatoms. The molecule has 5 heavy (non-hydrogen) atoms. The van der Waals surface area contributed by atoms with E-state index in [-0.39, 0.29) is 47.2 Å². The Bertz CT molecular complexity index is 17.7. The minimum Gasteiger partial charge on any atom is -1.00 e. The van der Waals surface area contributed by atoms with Crippen LogP contribution in [-0.4, -0.2) is 55.2 Å². The average Bonchev–Trinajstić information content (AvgIpc) is 1.37. The molecular weight excluding hydrogens is 112 g/mol. The minimum atomic E-state index is 0. The topological polar surface area (TPSA) is 20.2 Å². The van der Waals surface area contributed by atoms with Crippen molar-refractivity contribution < 1.29 is 7.96 Å². The average molecular weight is 120 g/mol. The third kappa shape index (κ3) is 10.7. The van der Waals surface area contributed by atoms with Crippen molar-refractivity contribution in [2.75, 3.05) is 12.4 Å². The Labute approximate surface area is 70.1 Å². The molecule has 0 spiro atoms. The number of rotatable bonds is 1. The predicted molar refractivity (Wildman–Crippen MR) is 28.9 cm³/mol. The van der Waals surface area contributed by atoms with E-state index < -0.39 is 0 Å². The summed E-state index contributed by atoms with van der Waals surface area (Å²) < 4.78 is 0. The first kappa shape index (κ1) is 9.76. The molecule has 0 rings (SSSR count). The van der Waals surface area contributed by atoms with Gasteiger partial charge >= 0.3 is 37.7 Å². The van der Waals surface area contributed by atoms with Crippen LogP contribution in [0.15, 0.2) is 0 Å². The molecule has 1 nitrogen and oxygen atoms in total.